The molecule has 90 valence electrons. The molecule has 0 aliphatic carbocycles. The van der Waals surface area contributed by atoms with Crippen molar-refractivity contribution in [3.8, 4) is 0 Å². The Morgan fingerprint density at radius 1 is 1.18 bits per heavy atom. The minimum absolute atomic E-state index is 0.108. The van der Waals surface area contributed by atoms with Gasteiger partial charge in [0.2, 0.25) is 5.96 Å². The molecule has 0 aromatic heterocycles. The number of aryl methyl sites for hydroxylation is 1. The maximum absolute atomic E-state index is 11.7. The number of guanidine groups is 1. The molecule has 0 saturated carbocycles. The van der Waals surface area contributed by atoms with Crippen molar-refractivity contribution in [2.75, 3.05) is 7.05 Å². The molecule has 0 fully saturated rings. The molecule has 17 heavy (non-hydrogen) atoms. The Morgan fingerprint density at radius 3 is 2.24 bits per heavy atom. The fraction of sp³-hybridized carbons (Fsp3) is 0.182. The first-order valence-corrected chi connectivity index (χ1v) is 4.87. The number of nitrogens with one attached hydrogen (secondary N) is 2. The summed E-state index contributed by atoms with van der Waals surface area (Å²) in [5.74, 6) is -0.526. The van der Waals surface area contributed by atoms with Crippen LogP contribution in [0.5, 0.6) is 0 Å². The van der Waals surface area contributed by atoms with Crippen molar-refractivity contribution in [1.29, 1.82) is 0 Å². The van der Waals surface area contributed by atoms with E-state index in [2.05, 4.69) is 10.3 Å². The molecule has 1 aromatic rings. The first-order valence-electron chi connectivity index (χ1n) is 4.87. The van der Waals surface area contributed by atoms with Gasteiger partial charge in [-0.2, -0.15) is 0 Å². The minimum atomic E-state index is -1.28. The van der Waals surface area contributed by atoms with Crippen LogP contribution in [-0.2, 0) is 0 Å². The van der Waals surface area contributed by atoms with Gasteiger partial charge in [-0.05, 0) is 19.1 Å². The van der Waals surface area contributed by atoms with Crippen molar-refractivity contribution in [2.24, 2.45) is 4.99 Å². The second kappa shape index (κ2) is 5.64. The summed E-state index contributed by atoms with van der Waals surface area (Å²) in [6.45, 7) is 1.91. The van der Waals surface area contributed by atoms with Crippen LogP contribution < -0.4 is 10.6 Å². The molecule has 3 N–H and O–H groups in total. The third-order valence-corrected chi connectivity index (χ3v) is 1.99. The monoisotopic (exact) mass is 235 g/mol. The van der Waals surface area contributed by atoms with E-state index >= 15 is 0 Å². The highest BCUT2D eigenvalue weighted by molar-refractivity contribution is 6.08. The summed E-state index contributed by atoms with van der Waals surface area (Å²) < 4.78 is 0. The Hall–Kier alpha value is -2.37. The molecule has 6 nitrogen and oxygen atoms in total. The van der Waals surface area contributed by atoms with Crippen LogP contribution in [0.15, 0.2) is 29.3 Å². The summed E-state index contributed by atoms with van der Waals surface area (Å²) in [7, 11) is 1.38. The largest absolute Gasteiger partial charge is 0.465 e. The van der Waals surface area contributed by atoms with Crippen molar-refractivity contribution >= 4 is 18.0 Å². The van der Waals surface area contributed by atoms with Gasteiger partial charge >= 0.3 is 6.09 Å². The maximum Gasteiger partial charge on any atom is 0.411 e. The lowest BCUT2D eigenvalue weighted by molar-refractivity contribution is 0.0976. The molecule has 0 aliphatic rings. The summed E-state index contributed by atoms with van der Waals surface area (Å²) in [6, 6.07) is 6.89. The van der Waals surface area contributed by atoms with Crippen LogP contribution in [0.25, 0.3) is 0 Å². The molecule has 0 aliphatic heterocycles. The van der Waals surface area contributed by atoms with Crippen LogP contribution in [-0.4, -0.2) is 30.1 Å². The fourth-order valence-corrected chi connectivity index (χ4v) is 1.13. The summed E-state index contributed by atoms with van der Waals surface area (Å²) in [4.78, 5) is 25.7. The van der Waals surface area contributed by atoms with E-state index in [0.29, 0.717) is 5.56 Å². The summed E-state index contributed by atoms with van der Waals surface area (Å²) >= 11 is 0. The number of rotatable bonds is 1. The molecule has 2 amide bonds. The number of benzene rings is 1. The van der Waals surface area contributed by atoms with Crippen LogP contribution in [0.3, 0.4) is 0 Å². The van der Waals surface area contributed by atoms with E-state index in [1.165, 1.54) is 7.05 Å². The minimum Gasteiger partial charge on any atom is -0.465 e. The lowest BCUT2D eigenvalue weighted by atomic mass is 10.1. The highest BCUT2D eigenvalue weighted by Gasteiger charge is 2.09. The van der Waals surface area contributed by atoms with E-state index < -0.39 is 12.0 Å². The number of carboxylic acid groups (broad SMARTS) is 1. The molecule has 0 unspecified atom stereocenters. The first-order chi connectivity index (χ1) is 8.02. The fourth-order valence-electron chi connectivity index (χ4n) is 1.13. The van der Waals surface area contributed by atoms with Crippen LogP contribution in [0.4, 0.5) is 4.79 Å². The molecule has 1 rings (SSSR count). The molecule has 0 saturated heterocycles. The molecule has 0 atom stereocenters. The maximum atomic E-state index is 11.7. The van der Waals surface area contributed by atoms with Crippen molar-refractivity contribution in [2.45, 2.75) is 6.92 Å². The summed E-state index contributed by atoms with van der Waals surface area (Å²) in [6.07, 6.45) is -1.28. The SMILES string of the molecule is CN=C(NC(=O)O)NC(=O)c1ccc(C)cc1. The normalized spacial score (nSPS) is 10.8. The predicted molar refractivity (Wildman–Crippen MR) is 63.2 cm³/mol. The summed E-state index contributed by atoms with van der Waals surface area (Å²) in [5, 5.41) is 12.8. The van der Waals surface area contributed by atoms with E-state index in [4.69, 9.17) is 5.11 Å². The van der Waals surface area contributed by atoms with E-state index in [-0.39, 0.29) is 5.96 Å². The number of nitrogens with zero attached hydrogens (tertiary/aromatic N) is 1. The highest BCUT2D eigenvalue weighted by atomic mass is 16.4. The van der Waals surface area contributed by atoms with Crippen molar-refractivity contribution < 1.29 is 14.7 Å². The number of carbonyl (C=O) groups excluding carboxylic acids is 1. The second-order valence-electron chi connectivity index (χ2n) is 3.32. The Kier molecular flexibility index (Phi) is 4.21. The molecular formula is C11H13N3O3. The zero-order valence-electron chi connectivity index (χ0n) is 9.52. The lowest BCUT2D eigenvalue weighted by Crippen LogP contribution is -2.43. The van der Waals surface area contributed by atoms with Gasteiger partial charge in [-0.1, -0.05) is 17.7 Å². The Balaban J connectivity index is 2.71. The van der Waals surface area contributed by atoms with Crippen LogP contribution >= 0.6 is 0 Å². The average molecular weight is 235 g/mol. The van der Waals surface area contributed by atoms with Gasteiger partial charge in [-0.3, -0.25) is 20.4 Å². The lowest BCUT2D eigenvalue weighted by Gasteiger charge is -2.07. The van der Waals surface area contributed by atoms with Gasteiger partial charge in [0, 0.05) is 12.6 Å². The Labute approximate surface area is 98.4 Å². The zero-order chi connectivity index (χ0) is 12.8. The second-order valence-corrected chi connectivity index (χ2v) is 3.32. The number of hydrogen-bond donors (Lipinski definition) is 3. The number of carbonyl (C=O) groups is 2. The number of amides is 2. The van der Waals surface area contributed by atoms with Gasteiger partial charge in [0.05, 0.1) is 0 Å². The van der Waals surface area contributed by atoms with E-state index in [1.54, 1.807) is 24.3 Å². The van der Waals surface area contributed by atoms with Crippen LogP contribution in [0, 0.1) is 6.92 Å². The van der Waals surface area contributed by atoms with Gasteiger partial charge in [0.25, 0.3) is 5.91 Å². The first kappa shape index (κ1) is 12.7. The number of hydrogen-bond acceptors (Lipinski definition) is 3. The number of aliphatic imine (C=N–C) groups is 1. The third-order valence-electron chi connectivity index (χ3n) is 1.99. The van der Waals surface area contributed by atoms with E-state index in [1.807, 2.05) is 12.2 Å². The molecule has 0 spiro atoms. The highest BCUT2D eigenvalue weighted by Crippen LogP contribution is 2.02. The van der Waals surface area contributed by atoms with Gasteiger partial charge in [0.15, 0.2) is 0 Å². The smallest absolute Gasteiger partial charge is 0.411 e. The van der Waals surface area contributed by atoms with Gasteiger partial charge in [0.1, 0.15) is 0 Å². The topological polar surface area (TPSA) is 90.8 Å². The average Bonchev–Trinajstić information content (AvgIpc) is 2.28. The predicted octanol–water partition coefficient (Wildman–Crippen LogP) is 0.978. The van der Waals surface area contributed by atoms with Gasteiger partial charge < -0.3 is 5.11 Å². The zero-order valence-corrected chi connectivity index (χ0v) is 9.52. The standard InChI is InChI=1S/C11H13N3O3/c1-7-3-5-8(6-4-7)9(15)13-10(12-2)14-11(16)17/h3-6H,1-2H3,(H,16,17)(H2,12,13,14,15). The van der Waals surface area contributed by atoms with Crippen molar-refractivity contribution in [3.63, 3.8) is 0 Å². The molecule has 0 radical (unpaired) electrons. The van der Waals surface area contributed by atoms with E-state index in [0.717, 1.165) is 5.56 Å². The Morgan fingerprint density at radius 2 is 1.76 bits per heavy atom. The van der Waals surface area contributed by atoms with E-state index in [9.17, 15) is 9.59 Å². The van der Waals surface area contributed by atoms with Crippen molar-refractivity contribution in [1.82, 2.24) is 10.6 Å². The third kappa shape index (κ3) is 3.94. The quantitative estimate of drug-likeness (QED) is 0.500. The molecule has 0 bridgehead atoms. The van der Waals surface area contributed by atoms with Gasteiger partial charge in [-0.25, -0.2) is 4.79 Å². The summed E-state index contributed by atoms with van der Waals surface area (Å²) in [5.41, 5.74) is 1.47. The van der Waals surface area contributed by atoms with Crippen LogP contribution in [0.2, 0.25) is 0 Å². The molecule has 0 heterocycles. The Bertz CT molecular complexity index is 452. The molecular weight excluding hydrogens is 222 g/mol. The van der Waals surface area contributed by atoms with Crippen LogP contribution in [0.1, 0.15) is 15.9 Å². The van der Waals surface area contributed by atoms with Crippen molar-refractivity contribution in [3.05, 3.63) is 35.4 Å². The molecule has 6 heteroatoms. The van der Waals surface area contributed by atoms with Gasteiger partial charge in [-0.15, -0.1) is 0 Å². The molecule has 1 aromatic carbocycles.